The van der Waals surface area contributed by atoms with E-state index in [4.69, 9.17) is 9.68 Å². The van der Waals surface area contributed by atoms with Crippen molar-refractivity contribution < 1.29 is 13.6 Å². The number of rotatable bonds is 4. The summed E-state index contributed by atoms with van der Waals surface area (Å²) in [4.78, 5) is 18.6. The number of hydrogen-bond donors (Lipinski definition) is 1. The van der Waals surface area contributed by atoms with Gasteiger partial charge in [0.1, 0.15) is 11.9 Å². The second-order valence-electron chi connectivity index (χ2n) is 7.27. The number of amides is 1. The molecule has 7 heteroatoms. The van der Waals surface area contributed by atoms with Crippen LogP contribution in [0.25, 0.3) is 0 Å². The highest BCUT2D eigenvalue weighted by molar-refractivity contribution is 5.80. The summed E-state index contributed by atoms with van der Waals surface area (Å²) in [5, 5.41) is 12.3. The molecule has 1 N–H and O–H groups in total. The van der Waals surface area contributed by atoms with Crippen LogP contribution in [-0.4, -0.2) is 30.0 Å². The molecule has 0 bridgehead atoms. The Bertz CT molecular complexity index is 896. The molecule has 2 aliphatic rings. The average Bonchev–Trinajstić information content (AvgIpc) is 3.33. The van der Waals surface area contributed by atoms with Crippen LogP contribution >= 0.6 is 0 Å². The zero-order valence-corrected chi connectivity index (χ0v) is 15.1. The summed E-state index contributed by atoms with van der Waals surface area (Å²) in [5.41, 5.74) is 1.24. The van der Waals surface area contributed by atoms with Crippen molar-refractivity contribution in [1.82, 2.24) is 10.3 Å². The predicted octanol–water partition coefficient (Wildman–Crippen LogP) is 2.88. The molecular formula is C20H21FN4O2. The van der Waals surface area contributed by atoms with E-state index in [-0.39, 0.29) is 29.6 Å². The Morgan fingerprint density at radius 3 is 2.89 bits per heavy atom. The summed E-state index contributed by atoms with van der Waals surface area (Å²) in [6.45, 7) is 3.02. The maximum absolute atomic E-state index is 13.3. The molecule has 4 rings (SSSR count). The van der Waals surface area contributed by atoms with E-state index >= 15 is 0 Å². The molecule has 0 radical (unpaired) electrons. The second-order valence-corrected chi connectivity index (χ2v) is 7.27. The third-order valence-electron chi connectivity index (χ3n) is 5.37. The van der Waals surface area contributed by atoms with E-state index in [0.29, 0.717) is 43.4 Å². The zero-order chi connectivity index (χ0) is 19.0. The van der Waals surface area contributed by atoms with Gasteiger partial charge in [0.15, 0.2) is 5.89 Å². The minimum absolute atomic E-state index is 0.0513. The number of aromatic nitrogens is 1. The first-order chi connectivity index (χ1) is 13.0. The van der Waals surface area contributed by atoms with Crippen molar-refractivity contribution in [2.75, 3.05) is 18.0 Å². The van der Waals surface area contributed by atoms with Gasteiger partial charge in [-0.25, -0.2) is 9.37 Å². The molecule has 1 aromatic carbocycles. The molecule has 1 saturated carbocycles. The number of nitriles is 1. The minimum Gasteiger partial charge on any atom is -0.424 e. The monoisotopic (exact) mass is 368 g/mol. The fourth-order valence-corrected chi connectivity index (χ4v) is 3.81. The third kappa shape index (κ3) is 3.65. The molecule has 1 amide bonds. The van der Waals surface area contributed by atoms with E-state index in [1.54, 1.807) is 19.1 Å². The van der Waals surface area contributed by atoms with E-state index in [2.05, 4.69) is 16.4 Å². The molecule has 2 heterocycles. The number of oxazole rings is 1. The molecule has 1 saturated heterocycles. The highest BCUT2D eigenvalue weighted by Gasteiger charge is 2.41. The van der Waals surface area contributed by atoms with Crippen LogP contribution in [0.5, 0.6) is 0 Å². The number of benzene rings is 1. The van der Waals surface area contributed by atoms with Crippen LogP contribution < -0.4 is 10.2 Å². The van der Waals surface area contributed by atoms with Crippen molar-refractivity contribution >= 4 is 11.8 Å². The van der Waals surface area contributed by atoms with Gasteiger partial charge in [-0.3, -0.25) is 4.79 Å². The van der Waals surface area contributed by atoms with Gasteiger partial charge in [-0.2, -0.15) is 5.26 Å². The topological polar surface area (TPSA) is 82.2 Å². The first-order valence-electron chi connectivity index (χ1n) is 9.23. The quantitative estimate of drug-likeness (QED) is 0.897. The predicted molar refractivity (Wildman–Crippen MR) is 96.6 cm³/mol. The van der Waals surface area contributed by atoms with Crippen LogP contribution in [0.15, 0.2) is 28.7 Å². The summed E-state index contributed by atoms with van der Waals surface area (Å²) >= 11 is 0. The van der Waals surface area contributed by atoms with Gasteiger partial charge < -0.3 is 14.6 Å². The first kappa shape index (κ1) is 17.5. The molecule has 2 fully saturated rings. The van der Waals surface area contributed by atoms with E-state index < -0.39 is 0 Å². The van der Waals surface area contributed by atoms with Crippen molar-refractivity contribution in [3.05, 3.63) is 47.2 Å². The number of piperidine rings is 1. The summed E-state index contributed by atoms with van der Waals surface area (Å²) in [5.74, 6) is 0.953. The fourth-order valence-electron chi connectivity index (χ4n) is 3.81. The van der Waals surface area contributed by atoms with Crippen molar-refractivity contribution in [2.45, 2.75) is 38.1 Å². The van der Waals surface area contributed by atoms with E-state index in [9.17, 15) is 9.18 Å². The maximum Gasteiger partial charge on any atom is 0.234 e. The lowest BCUT2D eigenvalue weighted by Crippen LogP contribution is -2.41. The SMILES string of the molecule is Cc1nc(C#N)c(N2CCC(C(=O)N[C@H]3C[C@H]3c3cccc(F)c3)CC2)o1. The van der Waals surface area contributed by atoms with Crippen LogP contribution in [0.4, 0.5) is 10.3 Å². The van der Waals surface area contributed by atoms with Gasteiger partial charge in [0.2, 0.25) is 17.5 Å². The molecule has 0 spiro atoms. The van der Waals surface area contributed by atoms with Crippen LogP contribution in [-0.2, 0) is 4.79 Å². The Kier molecular flexibility index (Phi) is 4.56. The van der Waals surface area contributed by atoms with Crippen LogP contribution in [0.1, 0.15) is 42.3 Å². The Hall–Kier alpha value is -2.88. The summed E-state index contributed by atoms with van der Waals surface area (Å²) in [6.07, 6.45) is 2.26. The molecule has 140 valence electrons. The third-order valence-corrected chi connectivity index (χ3v) is 5.37. The lowest BCUT2D eigenvalue weighted by molar-refractivity contribution is -0.125. The normalized spacial score (nSPS) is 22.3. The molecule has 2 aromatic rings. The second kappa shape index (κ2) is 7.03. The van der Waals surface area contributed by atoms with Crippen molar-refractivity contribution in [3.63, 3.8) is 0 Å². The molecule has 1 aliphatic heterocycles. The van der Waals surface area contributed by atoms with Crippen LogP contribution in [0, 0.1) is 30.0 Å². The minimum atomic E-state index is -0.240. The number of nitrogens with one attached hydrogen (secondary N) is 1. The molecule has 2 atom stereocenters. The fraction of sp³-hybridized carbons (Fsp3) is 0.450. The van der Waals surface area contributed by atoms with Gasteiger partial charge in [0.25, 0.3) is 0 Å². The number of hydrogen-bond acceptors (Lipinski definition) is 5. The number of halogens is 1. The van der Waals surface area contributed by atoms with Gasteiger partial charge in [-0.05, 0) is 37.0 Å². The smallest absolute Gasteiger partial charge is 0.234 e. The van der Waals surface area contributed by atoms with Gasteiger partial charge in [-0.1, -0.05) is 12.1 Å². The molecule has 1 aromatic heterocycles. The maximum atomic E-state index is 13.3. The average molecular weight is 368 g/mol. The number of carbonyl (C=O) groups is 1. The number of aryl methyl sites for hydroxylation is 1. The van der Waals surface area contributed by atoms with Gasteiger partial charge in [0.05, 0.1) is 0 Å². The lowest BCUT2D eigenvalue weighted by Gasteiger charge is -2.31. The highest BCUT2D eigenvalue weighted by Crippen LogP contribution is 2.41. The largest absolute Gasteiger partial charge is 0.424 e. The van der Waals surface area contributed by atoms with Crippen molar-refractivity contribution in [2.24, 2.45) is 5.92 Å². The first-order valence-corrected chi connectivity index (χ1v) is 9.23. The molecule has 6 nitrogen and oxygen atoms in total. The number of carbonyl (C=O) groups excluding carboxylic acids is 1. The number of anilines is 1. The zero-order valence-electron chi connectivity index (χ0n) is 15.1. The summed E-state index contributed by atoms with van der Waals surface area (Å²) in [6, 6.07) is 8.74. The van der Waals surface area contributed by atoms with Crippen molar-refractivity contribution in [3.8, 4) is 6.07 Å². The standard InChI is InChI=1S/C20H21FN4O2/c1-12-23-18(11-22)20(27-12)25-7-5-13(6-8-25)19(26)24-17-10-16(17)14-3-2-4-15(21)9-14/h2-4,9,13,16-17H,5-8,10H2,1H3,(H,24,26)/t16-,17-/m0/s1. The lowest BCUT2D eigenvalue weighted by atomic mass is 9.96. The van der Waals surface area contributed by atoms with Gasteiger partial charge in [-0.15, -0.1) is 0 Å². The van der Waals surface area contributed by atoms with Crippen molar-refractivity contribution in [1.29, 1.82) is 5.26 Å². The van der Waals surface area contributed by atoms with Crippen LogP contribution in [0.3, 0.4) is 0 Å². The molecular weight excluding hydrogens is 347 g/mol. The van der Waals surface area contributed by atoms with E-state index in [1.165, 1.54) is 6.07 Å². The van der Waals surface area contributed by atoms with E-state index in [0.717, 1.165) is 12.0 Å². The van der Waals surface area contributed by atoms with Gasteiger partial charge >= 0.3 is 0 Å². The summed E-state index contributed by atoms with van der Waals surface area (Å²) < 4.78 is 18.9. The molecule has 1 aliphatic carbocycles. The molecule has 0 unspecified atom stereocenters. The molecule has 27 heavy (non-hydrogen) atoms. The Morgan fingerprint density at radius 2 is 2.19 bits per heavy atom. The summed E-state index contributed by atoms with van der Waals surface area (Å²) in [7, 11) is 0. The Labute approximate surface area is 157 Å². The van der Waals surface area contributed by atoms with E-state index in [1.807, 2.05) is 11.0 Å². The Balaban J connectivity index is 1.30. The van der Waals surface area contributed by atoms with Crippen LogP contribution in [0.2, 0.25) is 0 Å². The number of nitrogens with zero attached hydrogens (tertiary/aromatic N) is 3. The van der Waals surface area contributed by atoms with Gasteiger partial charge in [0, 0.05) is 37.9 Å². The highest BCUT2D eigenvalue weighted by atomic mass is 19.1. The Morgan fingerprint density at radius 1 is 1.41 bits per heavy atom.